The number of amides is 1. The average molecular weight is 376 g/mol. The van der Waals surface area contributed by atoms with Gasteiger partial charge in [0.05, 0.1) is 11.6 Å². The van der Waals surface area contributed by atoms with Crippen molar-refractivity contribution in [2.24, 2.45) is 0 Å². The number of methoxy groups -OCH3 is 1. The van der Waals surface area contributed by atoms with Crippen LogP contribution in [0.2, 0.25) is 5.02 Å². The molecule has 0 unspecified atom stereocenters. The molecule has 1 aromatic rings. The van der Waals surface area contributed by atoms with Gasteiger partial charge in [-0.2, -0.15) is 0 Å². The van der Waals surface area contributed by atoms with Crippen LogP contribution in [-0.4, -0.2) is 42.0 Å². The number of nitrogens with zero attached hydrogens (tertiary/aromatic N) is 2. The Labute approximate surface area is 136 Å². The highest BCUT2D eigenvalue weighted by Gasteiger charge is 2.33. The van der Waals surface area contributed by atoms with Crippen LogP contribution in [0.15, 0.2) is 22.3 Å². The van der Waals surface area contributed by atoms with Gasteiger partial charge in [-0.05, 0) is 46.4 Å². The molecule has 0 aliphatic carbocycles. The minimum atomic E-state index is -0.157. The van der Waals surface area contributed by atoms with Crippen molar-refractivity contribution >= 4 is 56.8 Å². The van der Waals surface area contributed by atoms with Crippen LogP contribution in [0.4, 0.5) is 0 Å². The zero-order valence-corrected chi connectivity index (χ0v) is 14.3. The van der Waals surface area contributed by atoms with Crippen molar-refractivity contribution in [3.63, 3.8) is 0 Å². The van der Waals surface area contributed by atoms with Gasteiger partial charge in [0.25, 0.3) is 5.91 Å². The molecule has 0 atom stereocenters. The maximum Gasteiger partial charge on any atom is 0.276 e. The van der Waals surface area contributed by atoms with E-state index in [4.69, 9.17) is 28.6 Å². The molecule has 4 nitrogen and oxygen atoms in total. The number of rotatable bonds is 2. The van der Waals surface area contributed by atoms with Crippen LogP contribution in [0.5, 0.6) is 5.75 Å². The highest BCUT2D eigenvalue weighted by Crippen LogP contribution is 2.34. The van der Waals surface area contributed by atoms with Gasteiger partial charge in [-0.3, -0.25) is 9.69 Å². The first-order valence-electron chi connectivity index (χ1n) is 5.67. The Morgan fingerprint density at radius 2 is 2.00 bits per heavy atom. The second-order valence-corrected chi connectivity index (χ2v) is 5.90. The normalized spacial score (nSPS) is 17.4. The predicted octanol–water partition coefficient (Wildman–Crippen LogP) is 3.14. The van der Waals surface area contributed by atoms with E-state index >= 15 is 0 Å². The smallest absolute Gasteiger partial charge is 0.276 e. The van der Waals surface area contributed by atoms with Gasteiger partial charge in [0.15, 0.2) is 5.11 Å². The van der Waals surface area contributed by atoms with Crippen LogP contribution >= 0.6 is 39.7 Å². The summed E-state index contributed by atoms with van der Waals surface area (Å²) in [5.74, 6) is 0.458. The summed E-state index contributed by atoms with van der Waals surface area (Å²) in [4.78, 5) is 15.2. The number of halogens is 2. The van der Waals surface area contributed by atoms with Crippen molar-refractivity contribution in [2.45, 2.75) is 0 Å². The fraction of sp³-hybridized carbons (Fsp3) is 0.231. The van der Waals surface area contributed by atoms with E-state index in [0.717, 1.165) is 4.47 Å². The molecule has 1 aliphatic rings. The first-order valence-corrected chi connectivity index (χ1v) is 7.25. The van der Waals surface area contributed by atoms with Crippen LogP contribution in [0, 0.1) is 0 Å². The predicted molar refractivity (Wildman–Crippen MR) is 86.8 cm³/mol. The third-order valence-electron chi connectivity index (χ3n) is 2.99. The summed E-state index contributed by atoms with van der Waals surface area (Å²) >= 11 is 14.6. The highest BCUT2D eigenvalue weighted by atomic mass is 79.9. The molecular formula is C13H12BrClN2O2S. The number of benzene rings is 1. The highest BCUT2D eigenvalue weighted by molar-refractivity contribution is 9.10. The Morgan fingerprint density at radius 1 is 1.35 bits per heavy atom. The summed E-state index contributed by atoms with van der Waals surface area (Å²) < 4.78 is 6.06. The number of carbonyl (C=O) groups excluding carboxylic acids is 1. The van der Waals surface area contributed by atoms with Crippen molar-refractivity contribution in [1.82, 2.24) is 9.80 Å². The van der Waals surface area contributed by atoms with Crippen LogP contribution in [0.25, 0.3) is 6.08 Å². The van der Waals surface area contributed by atoms with Crippen LogP contribution in [0.3, 0.4) is 0 Å². The maximum absolute atomic E-state index is 12.1. The molecule has 2 rings (SSSR count). The number of hydrogen-bond donors (Lipinski definition) is 0. The average Bonchev–Trinajstić information content (AvgIpc) is 2.56. The van der Waals surface area contributed by atoms with Crippen LogP contribution < -0.4 is 4.74 Å². The molecule has 1 aromatic carbocycles. The van der Waals surface area contributed by atoms with E-state index in [1.807, 2.05) is 0 Å². The molecule has 1 heterocycles. The fourth-order valence-electron chi connectivity index (χ4n) is 1.94. The standard InChI is InChI=1S/C13H12BrClN2O2S/c1-16-10(12(18)17(2)13(16)20)5-7-4-8(15)6-9(14)11(7)19-3/h4-6H,1-3H3/b10-5-. The zero-order valence-electron chi connectivity index (χ0n) is 11.1. The number of thiocarbonyl (C=S) groups is 1. The number of carbonyl (C=O) groups is 1. The molecule has 7 heteroatoms. The first-order chi connectivity index (χ1) is 9.36. The van der Waals surface area contributed by atoms with Gasteiger partial charge in [-0.25, -0.2) is 0 Å². The summed E-state index contributed by atoms with van der Waals surface area (Å²) in [6.07, 6.45) is 1.72. The topological polar surface area (TPSA) is 32.8 Å². The lowest BCUT2D eigenvalue weighted by Gasteiger charge is -2.12. The number of ether oxygens (including phenoxy) is 1. The second-order valence-electron chi connectivity index (χ2n) is 4.25. The summed E-state index contributed by atoms with van der Waals surface area (Å²) in [6.45, 7) is 0. The van der Waals surface area contributed by atoms with E-state index in [0.29, 0.717) is 27.1 Å². The van der Waals surface area contributed by atoms with Crippen LogP contribution in [0.1, 0.15) is 5.56 Å². The molecule has 20 heavy (non-hydrogen) atoms. The lowest BCUT2D eigenvalue weighted by Crippen LogP contribution is -2.26. The molecule has 0 bridgehead atoms. The first kappa shape index (κ1) is 15.3. The Balaban J connectivity index is 2.56. The lowest BCUT2D eigenvalue weighted by atomic mass is 10.1. The molecule has 0 radical (unpaired) electrons. The Kier molecular flexibility index (Phi) is 4.36. The molecule has 0 N–H and O–H groups in total. The van der Waals surface area contributed by atoms with Gasteiger partial charge < -0.3 is 9.64 Å². The molecule has 106 valence electrons. The molecule has 0 aromatic heterocycles. The third-order valence-corrected chi connectivity index (χ3v) is 4.35. The molecule has 0 saturated carbocycles. The summed E-state index contributed by atoms with van der Waals surface area (Å²) in [6, 6.07) is 3.47. The third kappa shape index (κ3) is 2.55. The number of likely N-dealkylation sites (N-methyl/N-ethyl adjacent to an activating group) is 2. The molecule has 1 saturated heterocycles. The van der Waals surface area contributed by atoms with Gasteiger partial charge in [0, 0.05) is 24.7 Å². The number of hydrogen-bond acceptors (Lipinski definition) is 3. The minimum Gasteiger partial charge on any atom is -0.495 e. The molecule has 1 amide bonds. The van der Waals surface area contributed by atoms with E-state index in [2.05, 4.69) is 15.9 Å². The monoisotopic (exact) mass is 374 g/mol. The van der Waals surface area contributed by atoms with Crippen molar-refractivity contribution in [3.8, 4) is 5.75 Å². The maximum atomic E-state index is 12.1. The van der Waals surface area contributed by atoms with Crippen molar-refractivity contribution < 1.29 is 9.53 Å². The van der Waals surface area contributed by atoms with Gasteiger partial charge in [0.2, 0.25) is 0 Å². The zero-order chi connectivity index (χ0) is 15.0. The van der Waals surface area contributed by atoms with E-state index in [1.54, 1.807) is 44.3 Å². The SMILES string of the molecule is COc1c(Br)cc(Cl)cc1/C=C1/C(=O)N(C)C(=S)N1C. The van der Waals surface area contributed by atoms with Gasteiger partial charge in [-0.1, -0.05) is 11.6 Å². The lowest BCUT2D eigenvalue weighted by molar-refractivity contribution is -0.121. The second kappa shape index (κ2) is 5.71. The van der Waals surface area contributed by atoms with E-state index < -0.39 is 0 Å². The summed E-state index contributed by atoms with van der Waals surface area (Å²) in [5, 5.41) is 1.01. The van der Waals surface area contributed by atoms with E-state index in [9.17, 15) is 4.79 Å². The van der Waals surface area contributed by atoms with Gasteiger partial charge in [0.1, 0.15) is 11.4 Å². The molecular weight excluding hydrogens is 364 g/mol. The molecule has 1 aliphatic heterocycles. The van der Waals surface area contributed by atoms with Crippen LogP contribution in [-0.2, 0) is 4.79 Å². The summed E-state index contributed by atoms with van der Waals surface area (Å²) in [5.41, 5.74) is 1.19. The van der Waals surface area contributed by atoms with Crippen molar-refractivity contribution in [1.29, 1.82) is 0 Å². The largest absolute Gasteiger partial charge is 0.495 e. The van der Waals surface area contributed by atoms with E-state index in [-0.39, 0.29) is 5.91 Å². The van der Waals surface area contributed by atoms with E-state index in [1.165, 1.54) is 4.90 Å². The quantitative estimate of drug-likeness (QED) is 0.587. The Morgan fingerprint density at radius 3 is 2.50 bits per heavy atom. The molecule has 0 spiro atoms. The minimum absolute atomic E-state index is 0.157. The Bertz CT molecular complexity index is 633. The fourth-order valence-corrected chi connectivity index (χ4v) is 3.12. The Hall–Kier alpha value is -1.11. The summed E-state index contributed by atoms with van der Waals surface area (Å²) in [7, 11) is 4.96. The van der Waals surface area contributed by atoms with Gasteiger partial charge >= 0.3 is 0 Å². The van der Waals surface area contributed by atoms with Crippen molar-refractivity contribution in [3.05, 3.63) is 32.9 Å². The van der Waals surface area contributed by atoms with Crippen molar-refractivity contribution in [2.75, 3.05) is 21.2 Å². The van der Waals surface area contributed by atoms with Gasteiger partial charge in [-0.15, -0.1) is 0 Å². The molecule has 1 fully saturated rings.